The Morgan fingerprint density at radius 1 is 1.00 bits per heavy atom. The summed E-state index contributed by atoms with van der Waals surface area (Å²) in [5.74, 6) is 0. The quantitative estimate of drug-likeness (QED) is 0.900. The second-order valence-electron chi connectivity index (χ2n) is 5.23. The van der Waals surface area contributed by atoms with Crippen molar-refractivity contribution in [2.75, 3.05) is 6.61 Å². The van der Waals surface area contributed by atoms with Crippen LogP contribution in [0.15, 0.2) is 60.7 Å². The largest absolute Gasteiger partial charge is 0.394 e. The number of hydrogen-bond donors (Lipinski definition) is 2. The van der Waals surface area contributed by atoms with Gasteiger partial charge in [-0.05, 0) is 11.1 Å². The molecule has 3 nitrogen and oxygen atoms in total. The van der Waals surface area contributed by atoms with Gasteiger partial charge in [-0.2, -0.15) is 0 Å². The first-order chi connectivity index (χ1) is 9.74. The smallest absolute Gasteiger partial charge is 0.122 e. The van der Waals surface area contributed by atoms with Crippen molar-refractivity contribution in [3.63, 3.8) is 0 Å². The minimum absolute atomic E-state index is 0.0848. The summed E-state index contributed by atoms with van der Waals surface area (Å²) in [6, 6.07) is 19.2. The van der Waals surface area contributed by atoms with Crippen LogP contribution in [0, 0.1) is 0 Å². The molecule has 2 N–H and O–H groups in total. The molecule has 2 aromatic carbocycles. The fraction of sp³-hybridized carbons (Fsp3) is 0.294. The highest BCUT2D eigenvalue weighted by molar-refractivity contribution is 5.31. The summed E-state index contributed by atoms with van der Waals surface area (Å²) in [6.07, 6.45) is -0.402. The third kappa shape index (κ3) is 2.24. The second kappa shape index (κ2) is 5.37. The molecule has 0 aromatic heterocycles. The monoisotopic (exact) mass is 270 g/mol. The van der Waals surface area contributed by atoms with Crippen molar-refractivity contribution in [3.05, 3.63) is 71.8 Å². The van der Waals surface area contributed by atoms with Gasteiger partial charge in [0.1, 0.15) is 11.7 Å². The molecule has 1 aliphatic heterocycles. The van der Waals surface area contributed by atoms with Crippen molar-refractivity contribution in [1.82, 2.24) is 0 Å². The zero-order chi connectivity index (χ0) is 14.0. The van der Waals surface area contributed by atoms with Gasteiger partial charge in [-0.3, -0.25) is 0 Å². The lowest BCUT2D eigenvalue weighted by Crippen LogP contribution is -2.29. The van der Waals surface area contributed by atoms with Crippen LogP contribution in [0.2, 0.25) is 0 Å². The van der Waals surface area contributed by atoms with Crippen LogP contribution < -0.4 is 0 Å². The van der Waals surface area contributed by atoms with E-state index in [0.29, 0.717) is 6.42 Å². The molecule has 20 heavy (non-hydrogen) atoms. The Morgan fingerprint density at radius 3 is 2.20 bits per heavy atom. The summed E-state index contributed by atoms with van der Waals surface area (Å²) in [7, 11) is 0. The van der Waals surface area contributed by atoms with Crippen molar-refractivity contribution >= 4 is 0 Å². The number of aliphatic hydroxyl groups excluding tert-OH is 1. The number of ether oxygens (including phenoxy) is 1. The first kappa shape index (κ1) is 13.3. The maximum Gasteiger partial charge on any atom is 0.122 e. The maximum absolute atomic E-state index is 11.1. The topological polar surface area (TPSA) is 49.7 Å². The lowest BCUT2D eigenvalue weighted by molar-refractivity contribution is -0.0595. The van der Waals surface area contributed by atoms with E-state index in [-0.39, 0.29) is 12.7 Å². The standard InChI is InChI=1S/C17H18O3/c18-12-15-11-17(19,14-9-5-2-6-10-14)16(20-15)13-7-3-1-4-8-13/h1-10,15-16,18-19H,11-12H2/t15-,16-,17+/m1/s1. The van der Waals surface area contributed by atoms with Crippen molar-refractivity contribution < 1.29 is 14.9 Å². The van der Waals surface area contributed by atoms with E-state index in [1.54, 1.807) is 0 Å². The van der Waals surface area contributed by atoms with Crippen molar-refractivity contribution in [2.24, 2.45) is 0 Å². The lowest BCUT2D eigenvalue weighted by atomic mass is 9.83. The van der Waals surface area contributed by atoms with Crippen LogP contribution in [0.3, 0.4) is 0 Å². The first-order valence-electron chi connectivity index (χ1n) is 6.83. The molecule has 1 aliphatic rings. The molecule has 0 radical (unpaired) electrons. The number of aliphatic hydroxyl groups is 2. The molecule has 1 heterocycles. The molecular weight excluding hydrogens is 252 g/mol. The Morgan fingerprint density at radius 2 is 1.60 bits per heavy atom. The van der Waals surface area contributed by atoms with Crippen LogP contribution in [-0.4, -0.2) is 22.9 Å². The van der Waals surface area contributed by atoms with E-state index in [1.165, 1.54) is 0 Å². The molecule has 0 aliphatic carbocycles. The SMILES string of the molecule is OC[C@H]1C[C@](O)(c2ccccc2)[C@@H](c2ccccc2)O1. The predicted molar refractivity (Wildman–Crippen MR) is 76.1 cm³/mol. The molecule has 1 fully saturated rings. The predicted octanol–water partition coefficient (Wildman–Crippen LogP) is 2.40. The first-order valence-corrected chi connectivity index (χ1v) is 6.83. The third-order valence-corrected chi connectivity index (χ3v) is 3.88. The summed E-state index contributed by atoms with van der Waals surface area (Å²) < 4.78 is 5.87. The minimum atomic E-state index is -1.10. The maximum atomic E-state index is 11.1. The molecule has 3 rings (SSSR count). The van der Waals surface area contributed by atoms with Crippen molar-refractivity contribution in [2.45, 2.75) is 24.2 Å². The van der Waals surface area contributed by atoms with E-state index >= 15 is 0 Å². The molecule has 0 spiro atoms. The van der Waals surface area contributed by atoms with Gasteiger partial charge in [0.25, 0.3) is 0 Å². The van der Waals surface area contributed by atoms with Crippen molar-refractivity contribution in [1.29, 1.82) is 0 Å². The molecule has 104 valence electrons. The molecule has 0 bridgehead atoms. The van der Waals surface area contributed by atoms with Gasteiger partial charge in [-0.15, -0.1) is 0 Å². The summed E-state index contributed by atoms with van der Waals surface area (Å²) in [6.45, 7) is -0.0848. The van der Waals surface area contributed by atoms with Crippen LogP contribution in [0.5, 0.6) is 0 Å². The average Bonchev–Trinajstić information content (AvgIpc) is 2.87. The van der Waals surface area contributed by atoms with E-state index in [4.69, 9.17) is 4.74 Å². The number of rotatable bonds is 3. The van der Waals surface area contributed by atoms with Gasteiger partial charge >= 0.3 is 0 Å². The molecular formula is C17H18O3. The molecule has 2 aromatic rings. The van der Waals surface area contributed by atoms with Crippen LogP contribution in [0.25, 0.3) is 0 Å². The average molecular weight is 270 g/mol. The number of hydrogen-bond acceptors (Lipinski definition) is 3. The molecule has 1 saturated heterocycles. The van der Waals surface area contributed by atoms with E-state index < -0.39 is 11.7 Å². The van der Waals surface area contributed by atoms with Crippen molar-refractivity contribution in [3.8, 4) is 0 Å². The van der Waals surface area contributed by atoms with Gasteiger partial charge in [0.2, 0.25) is 0 Å². The van der Waals surface area contributed by atoms with E-state index in [1.807, 2.05) is 60.7 Å². The Hall–Kier alpha value is -1.68. The highest BCUT2D eigenvalue weighted by Gasteiger charge is 2.48. The van der Waals surface area contributed by atoms with Gasteiger partial charge in [-0.25, -0.2) is 0 Å². The van der Waals surface area contributed by atoms with Crippen LogP contribution in [-0.2, 0) is 10.3 Å². The second-order valence-corrected chi connectivity index (χ2v) is 5.23. The van der Waals surface area contributed by atoms with Crippen LogP contribution in [0.4, 0.5) is 0 Å². The summed E-state index contributed by atoms with van der Waals surface area (Å²) in [5, 5.41) is 20.5. The summed E-state index contributed by atoms with van der Waals surface area (Å²) in [5.41, 5.74) is 0.648. The zero-order valence-corrected chi connectivity index (χ0v) is 11.1. The fourth-order valence-corrected chi connectivity index (χ4v) is 2.89. The number of benzene rings is 2. The van der Waals surface area contributed by atoms with Gasteiger partial charge in [0.15, 0.2) is 0 Å². The van der Waals surface area contributed by atoms with Gasteiger partial charge < -0.3 is 14.9 Å². The van der Waals surface area contributed by atoms with E-state index in [9.17, 15) is 10.2 Å². The lowest BCUT2D eigenvalue weighted by Gasteiger charge is -2.29. The normalized spacial score (nSPS) is 29.5. The molecule has 3 heteroatoms. The zero-order valence-electron chi connectivity index (χ0n) is 11.1. The van der Waals surface area contributed by atoms with Crippen LogP contribution >= 0.6 is 0 Å². The van der Waals surface area contributed by atoms with Crippen LogP contribution in [0.1, 0.15) is 23.7 Å². The Labute approximate surface area is 118 Å². The van der Waals surface area contributed by atoms with E-state index in [2.05, 4.69) is 0 Å². The van der Waals surface area contributed by atoms with Gasteiger partial charge in [-0.1, -0.05) is 60.7 Å². The minimum Gasteiger partial charge on any atom is -0.394 e. The molecule has 0 amide bonds. The highest BCUT2D eigenvalue weighted by Crippen LogP contribution is 2.47. The summed E-state index contributed by atoms with van der Waals surface area (Å²) >= 11 is 0. The van der Waals surface area contributed by atoms with E-state index in [0.717, 1.165) is 11.1 Å². The highest BCUT2D eigenvalue weighted by atomic mass is 16.5. The Kier molecular flexibility index (Phi) is 3.57. The molecule has 0 unspecified atom stereocenters. The molecule has 0 saturated carbocycles. The van der Waals surface area contributed by atoms with Gasteiger partial charge in [0, 0.05) is 6.42 Å². The fourth-order valence-electron chi connectivity index (χ4n) is 2.89. The Balaban J connectivity index is 2.02. The molecule has 3 atom stereocenters. The van der Waals surface area contributed by atoms with Gasteiger partial charge in [0.05, 0.1) is 12.7 Å². The summed E-state index contributed by atoms with van der Waals surface area (Å²) in [4.78, 5) is 0. The Bertz CT molecular complexity index is 555. The third-order valence-electron chi connectivity index (χ3n) is 3.88.